The van der Waals surface area contributed by atoms with Gasteiger partial charge in [-0.05, 0) is 29.5 Å². The third-order valence-corrected chi connectivity index (χ3v) is 4.25. The van der Waals surface area contributed by atoms with Crippen molar-refractivity contribution in [3.63, 3.8) is 0 Å². The van der Waals surface area contributed by atoms with E-state index in [4.69, 9.17) is 10.00 Å². The van der Waals surface area contributed by atoms with Gasteiger partial charge in [0.25, 0.3) is 5.91 Å². The van der Waals surface area contributed by atoms with Crippen molar-refractivity contribution in [3.8, 4) is 11.8 Å². The Hall–Kier alpha value is -2.80. The first kappa shape index (κ1) is 19.5. The van der Waals surface area contributed by atoms with E-state index in [-0.39, 0.29) is 12.5 Å². The molecule has 0 bridgehead atoms. The highest BCUT2D eigenvalue weighted by Crippen LogP contribution is 2.25. The lowest BCUT2D eigenvalue weighted by atomic mass is 10.0. The van der Waals surface area contributed by atoms with Crippen LogP contribution in [0.15, 0.2) is 54.6 Å². The van der Waals surface area contributed by atoms with Crippen LogP contribution < -0.4 is 4.74 Å². The minimum Gasteiger partial charge on any atom is -0.483 e. The van der Waals surface area contributed by atoms with Crippen LogP contribution in [0.4, 0.5) is 0 Å². The number of rotatable bonds is 9. The highest BCUT2D eigenvalue weighted by Gasteiger charge is 2.15. The molecule has 4 heteroatoms. The number of amides is 1. The van der Waals surface area contributed by atoms with Crippen molar-refractivity contribution in [1.82, 2.24) is 4.90 Å². The van der Waals surface area contributed by atoms with Gasteiger partial charge in [-0.15, -0.1) is 0 Å². The number of benzene rings is 2. The molecule has 0 unspecified atom stereocenters. The predicted octanol–water partition coefficient (Wildman–Crippen LogP) is 4.17. The number of hydrogen-bond acceptors (Lipinski definition) is 3. The van der Waals surface area contributed by atoms with Crippen molar-refractivity contribution in [3.05, 3.63) is 65.7 Å². The minimum atomic E-state index is -0.0882. The van der Waals surface area contributed by atoms with Gasteiger partial charge < -0.3 is 9.64 Å². The molecule has 0 aliphatic carbocycles. The number of nitriles is 1. The predicted molar refractivity (Wildman–Crippen MR) is 103 cm³/mol. The number of hydrogen-bond donors (Lipinski definition) is 0. The van der Waals surface area contributed by atoms with E-state index in [1.807, 2.05) is 54.6 Å². The maximum atomic E-state index is 12.6. The molecule has 1 amide bonds. The summed E-state index contributed by atoms with van der Waals surface area (Å²) in [5.74, 6) is 0.989. The molecule has 4 nitrogen and oxygen atoms in total. The third kappa shape index (κ3) is 5.93. The highest BCUT2D eigenvalue weighted by atomic mass is 16.5. The summed E-state index contributed by atoms with van der Waals surface area (Å²) in [6.45, 7) is 5.20. The van der Waals surface area contributed by atoms with Crippen LogP contribution >= 0.6 is 0 Å². The van der Waals surface area contributed by atoms with Gasteiger partial charge in [0.1, 0.15) is 5.75 Å². The van der Waals surface area contributed by atoms with E-state index in [9.17, 15) is 4.79 Å². The second-order valence-electron chi connectivity index (χ2n) is 6.51. The summed E-state index contributed by atoms with van der Waals surface area (Å²) in [7, 11) is 0. The second-order valence-corrected chi connectivity index (χ2v) is 6.51. The fourth-order valence-electron chi connectivity index (χ4n) is 2.77. The molecule has 0 radical (unpaired) electrons. The Labute approximate surface area is 156 Å². The van der Waals surface area contributed by atoms with Gasteiger partial charge in [-0.2, -0.15) is 5.26 Å². The van der Waals surface area contributed by atoms with Crippen LogP contribution in [0.3, 0.4) is 0 Å². The zero-order valence-corrected chi connectivity index (χ0v) is 15.5. The zero-order valence-electron chi connectivity index (χ0n) is 15.5. The number of nitrogens with zero attached hydrogens (tertiary/aromatic N) is 2. The largest absolute Gasteiger partial charge is 0.483 e. The van der Waals surface area contributed by atoms with Crippen LogP contribution in [0, 0.1) is 11.3 Å². The van der Waals surface area contributed by atoms with Gasteiger partial charge in [0, 0.05) is 13.1 Å². The molecular formula is C22H26N2O2. The normalized spacial score (nSPS) is 10.4. The van der Waals surface area contributed by atoms with Gasteiger partial charge in [0.05, 0.1) is 12.5 Å². The molecule has 0 spiro atoms. The number of ether oxygens (including phenoxy) is 1. The van der Waals surface area contributed by atoms with Crippen LogP contribution in [-0.4, -0.2) is 30.5 Å². The maximum Gasteiger partial charge on any atom is 0.260 e. The van der Waals surface area contributed by atoms with Crippen LogP contribution in [0.5, 0.6) is 5.75 Å². The molecule has 26 heavy (non-hydrogen) atoms. The monoisotopic (exact) mass is 350 g/mol. The molecule has 0 aromatic heterocycles. The topological polar surface area (TPSA) is 53.3 Å². The van der Waals surface area contributed by atoms with E-state index in [0.717, 1.165) is 17.7 Å². The van der Waals surface area contributed by atoms with Crippen LogP contribution in [0.1, 0.15) is 37.3 Å². The summed E-state index contributed by atoms with van der Waals surface area (Å²) < 4.78 is 5.80. The Kier molecular flexibility index (Phi) is 7.70. The summed E-state index contributed by atoms with van der Waals surface area (Å²) in [6.07, 6.45) is 1.09. The first-order chi connectivity index (χ1) is 12.6. The molecule has 0 atom stereocenters. The number of carbonyl (C=O) groups is 1. The summed E-state index contributed by atoms with van der Waals surface area (Å²) in [6, 6.07) is 20.0. The van der Waals surface area contributed by atoms with E-state index in [0.29, 0.717) is 25.4 Å². The van der Waals surface area contributed by atoms with Crippen molar-refractivity contribution in [2.24, 2.45) is 0 Å². The fraction of sp³-hybridized carbons (Fsp3) is 0.364. The molecule has 0 aliphatic rings. The van der Waals surface area contributed by atoms with Gasteiger partial charge in [0.15, 0.2) is 6.61 Å². The molecule has 2 aromatic rings. The molecule has 0 aliphatic heterocycles. The van der Waals surface area contributed by atoms with E-state index in [1.54, 1.807) is 4.90 Å². The standard InChI is InChI=1S/C22H26N2O2/c1-18(2)20-11-6-7-12-21(20)26-17-22(25)24(15-8-14-23)16-13-19-9-4-3-5-10-19/h3-7,9-12,18H,8,13,15-17H2,1-2H3. The molecule has 0 heterocycles. The van der Waals surface area contributed by atoms with Crippen molar-refractivity contribution in [2.75, 3.05) is 19.7 Å². The molecular weight excluding hydrogens is 324 g/mol. The van der Waals surface area contributed by atoms with Gasteiger partial charge in [0.2, 0.25) is 0 Å². The Morgan fingerprint density at radius 2 is 1.77 bits per heavy atom. The first-order valence-corrected chi connectivity index (χ1v) is 9.02. The van der Waals surface area contributed by atoms with Crippen molar-refractivity contribution < 1.29 is 9.53 Å². The van der Waals surface area contributed by atoms with Gasteiger partial charge >= 0.3 is 0 Å². The lowest BCUT2D eigenvalue weighted by Gasteiger charge is -2.22. The fourth-order valence-corrected chi connectivity index (χ4v) is 2.77. The molecule has 0 saturated carbocycles. The van der Waals surface area contributed by atoms with E-state index < -0.39 is 0 Å². The summed E-state index contributed by atoms with van der Waals surface area (Å²) in [4.78, 5) is 14.3. The molecule has 2 rings (SSSR count). The van der Waals surface area contributed by atoms with E-state index in [2.05, 4.69) is 19.9 Å². The lowest BCUT2D eigenvalue weighted by molar-refractivity contribution is -0.133. The molecule has 0 fully saturated rings. The lowest BCUT2D eigenvalue weighted by Crippen LogP contribution is -2.37. The Bertz CT molecular complexity index is 735. The van der Waals surface area contributed by atoms with Gasteiger partial charge in [-0.25, -0.2) is 0 Å². The molecule has 0 N–H and O–H groups in total. The van der Waals surface area contributed by atoms with E-state index >= 15 is 0 Å². The van der Waals surface area contributed by atoms with E-state index in [1.165, 1.54) is 5.56 Å². The third-order valence-electron chi connectivity index (χ3n) is 4.25. The number of para-hydroxylation sites is 1. The SMILES string of the molecule is CC(C)c1ccccc1OCC(=O)N(CCC#N)CCc1ccccc1. The summed E-state index contributed by atoms with van der Waals surface area (Å²) >= 11 is 0. The smallest absolute Gasteiger partial charge is 0.260 e. The van der Waals surface area contributed by atoms with Crippen molar-refractivity contribution in [2.45, 2.75) is 32.6 Å². The van der Waals surface area contributed by atoms with Gasteiger partial charge in [-0.1, -0.05) is 62.4 Å². The van der Waals surface area contributed by atoms with Crippen molar-refractivity contribution in [1.29, 1.82) is 5.26 Å². The van der Waals surface area contributed by atoms with Gasteiger partial charge in [-0.3, -0.25) is 4.79 Å². The van der Waals surface area contributed by atoms with Crippen LogP contribution in [0.2, 0.25) is 0 Å². The summed E-state index contributed by atoms with van der Waals surface area (Å²) in [5.41, 5.74) is 2.27. The Balaban J connectivity index is 1.97. The van der Waals surface area contributed by atoms with Crippen LogP contribution in [-0.2, 0) is 11.2 Å². The van der Waals surface area contributed by atoms with Crippen LogP contribution in [0.25, 0.3) is 0 Å². The maximum absolute atomic E-state index is 12.6. The average Bonchev–Trinajstić information content (AvgIpc) is 2.67. The first-order valence-electron chi connectivity index (χ1n) is 9.02. The summed E-state index contributed by atoms with van der Waals surface area (Å²) in [5, 5.41) is 8.87. The molecule has 136 valence electrons. The number of carbonyl (C=O) groups excluding carboxylic acids is 1. The zero-order chi connectivity index (χ0) is 18.8. The Morgan fingerprint density at radius 1 is 1.08 bits per heavy atom. The second kappa shape index (κ2) is 10.2. The highest BCUT2D eigenvalue weighted by molar-refractivity contribution is 5.77. The average molecular weight is 350 g/mol. The minimum absolute atomic E-state index is 0.00997. The van der Waals surface area contributed by atoms with Crippen molar-refractivity contribution >= 4 is 5.91 Å². The molecule has 2 aromatic carbocycles. The quantitative estimate of drug-likeness (QED) is 0.682. The Morgan fingerprint density at radius 3 is 2.46 bits per heavy atom. The molecule has 0 saturated heterocycles.